The molecule has 17 heavy (non-hydrogen) atoms. The Bertz CT molecular complexity index is 524. The van der Waals surface area contributed by atoms with Gasteiger partial charge in [-0.05, 0) is 25.5 Å². The largest absolute Gasteiger partial charge is 0.466 e. The number of hydrogen-bond donors (Lipinski definition) is 0. The summed E-state index contributed by atoms with van der Waals surface area (Å²) in [6.45, 7) is 3.77. The van der Waals surface area contributed by atoms with E-state index >= 15 is 0 Å². The summed E-state index contributed by atoms with van der Waals surface area (Å²) in [5.41, 5.74) is 1.74. The fraction of sp³-hybridized carbons (Fsp3) is 0.333. The van der Waals surface area contributed by atoms with Crippen molar-refractivity contribution in [1.82, 2.24) is 9.38 Å². The maximum absolute atomic E-state index is 13.3. The van der Waals surface area contributed by atoms with Crippen molar-refractivity contribution in [1.29, 1.82) is 0 Å². The van der Waals surface area contributed by atoms with Gasteiger partial charge in [-0.3, -0.25) is 4.79 Å². The predicted octanol–water partition coefficient (Wildman–Crippen LogP) is 1.89. The molecule has 0 aliphatic rings. The molecule has 0 N–H and O–H groups in total. The van der Waals surface area contributed by atoms with Gasteiger partial charge in [0.15, 0.2) is 0 Å². The van der Waals surface area contributed by atoms with Gasteiger partial charge in [-0.1, -0.05) is 0 Å². The zero-order chi connectivity index (χ0) is 12.4. The number of hydrogen-bond acceptors (Lipinski definition) is 3. The highest BCUT2D eigenvalue weighted by molar-refractivity contribution is 5.72. The van der Waals surface area contributed by atoms with E-state index in [1.165, 1.54) is 6.20 Å². The van der Waals surface area contributed by atoms with Crippen LogP contribution in [0.3, 0.4) is 0 Å². The molecular formula is C12H13FN2O2. The Morgan fingerprint density at radius 1 is 1.53 bits per heavy atom. The summed E-state index contributed by atoms with van der Waals surface area (Å²) >= 11 is 0. The second-order valence-electron chi connectivity index (χ2n) is 3.78. The predicted molar refractivity (Wildman–Crippen MR) is 60.2 cm³/mol. The third-order valence-corrected chi connectivity index (χ3v) is 2.42. The molecule has 0 fully saturated rings. The van der Waals surface area contributed by atoms with Gasteiger partial charge < -0.3 is 9.14 Å². The van der Waals surface area contributed by atoms with E-state index < -0.39 is 0 Å². The summed E-state index contributed by atoms with van der Waals surface area (Å²) in [6.07, 6.45) is 3.09. The second kappa shape index (κ2) is 4.53. The summed E-state index contributed by atoms with van der Waals surface area (Å²) in [7, 11) is 0. The molecule has 5 heteroatoms. The van der Waals surface area contributed by atoms with Crippen LogP contribution in [-0.2, 0) is 16.0 Å². The zero-order valence-corrected chi connectivity index (χ0v) is 9.74. The van der Waals surface area contributed by atoms with E-state index in [1.54, 1.807) is 30.5 Å². The van der Waals surface area contributed by atoms with Crippen molar-refractivity contribution in [3.05, 3.63) is 35.5 Å². The number of pyridine rings is 1. The Morgan fingerprint density at radius 3 is 3.00 bits per heavy atom. The third-order valence-electron chi connectivity index (χ3n) is 2.42. The fourth-order valence-electron chi connectivity index (χ4n) is 1.60. The van der Waals surface area contributed by atoms with Crippen LogP contribution in [0.5, 0.6) is 0 Å². The number of aromatic nitrogens is 2. The number of imidazole rings is 1. The number of nitrogens with zero attached hydrogens (tertiary/aromatic N) is 2. The SMILES string of the molecule is CCOC(=O)Cc1cn2cc(F)c(C)cc2n1. The van der Waals surface area contributed by atoms with Crippen LogP contribution in [0, 0.1) is 12.7 Å². The standard InChI is InChI=1S/C12H13FN2O2/c1-3-17-12(16)5-9-6-15-7-10(13)8(2)4-11(15)14-9/h4,6-7H,3,5H2,1-2H3. The van der Waals surface area contributed by atoms with Crippen molar-refractivity contribution in [2.45, 2.75) is 20.3 Å². The first-order chi connectivity index (χ1) is 8.10. The van der Waals surface area contributed by atoms with Gasteiger partial charge in [-0.2, -0.15) is 0 Å². The number of carbonyl (C=O) groups excluding carboxylic acids is 1. The molecule has 0 saturated carbocycles. The molecule has 2 heterocycles. The Hall–Kier alpha value is -1.91. The first-order valence-corrected chi connectivity index (χ1v) is 5.39. The molecular weight excluding hydrogens is 223 g/mol. The Kier molecular flexibility index (Phi) is 3.08. The molecule has 0 bridgehead atoms. The van der Waals surface area contributed by atoms with Gasteiger partial charge in [0.25, 0.3) is 0 Å². The van der Waals surface area contributed by atoms with Crippen molar-refractivity contribution in [2.75, 3.05) is 6.61 Å². The smallest absolute Gasteiger partial charge is 0.311 e. The lowest BCUT2D eigenvalue weighted by atomic mass is 10.3. The monoisotopic (exact) mass is 236 g/mol. The lowest BCUT2D eigenvalue weighted by Crippen LogP contribution is -2.07. The van der Waals surface area contributed by atoms with E-state index in [4.69, 9.17) is 4.74 Å². The van der Waals surface area contributed by atoms with E-state index in [0.29, 0.717) is 23.5 Å². The minimum atomic E-state index is -0.326. The maximum Gasteiger partial charge on any atom is 0.311 e. The average molecular weight is 236 g/mol. The first kappa shape index (κ1) is 11.6. The number of aryl methyl sites for hydroxylation is 1. The number of carbonyl (C=O) groups is 1. The minimum Gasteiger partial charge on any atom is -0.466 e. The number of ether oxygens (including phenoxy) is 1. The van der Waals surface area contributed by atoms with E-state index in [-0.39, 0.29) is 18.2 Å². The third kappa shape index (κ3) is 2.43. The van der Waals surface area contributed by atoms with Gasteiger partial charge in [0.2, 0.25) is 0 Å². The molecule has 4 nitrogen and oxygen atoms in total. The molecule has 90 valence electrons. The normalized spacial score (nSPS) is 10.8. The van der Waals surface area contributed by atoms with Crippen molar-refractivity contribution in [3.8, 4) is 0 Å². The molecule has 0 unspecified atom stereocenters. The molecule has 0 spiro atoms. The molecule has 2 aromatic rings. The molecule has 2 rings (SSSR count). The molecule has 0 atom stereocenters. The number of rotatable bonds is 3. The first-order valence-electron chi connectivity index (χ1n) is 5.39. The Morgan fingerprint density at radius 2 is 2.29 bits per heavy atom. The minimum absolute atomic E-state index is 0.107. The highest BCUT2D eigenvalue weighted by Gasteiger charge is 2.09. The summed E-state index contributed by atoms with van der Waals surface area (Å²) < 4.78 is 19.7. The van der Waals surface area contributed by atoms with Crippen LogP contribution in [-0.4, -0.2) is 22.0 Å². The maximum atomic E-state index is 13.3. The zero-order valence-electron chi connectivity index (χ0n) is 9.74. The van der Waals surface area contributed by atoms with Gasteiger partial charge in [0.1, 0.15) is 11.5 Å². The van der Waals surface area contributed by atoms with Gasteiger partial charge in [-0.15, -0.1) is 0 Å². The molecule has 0 radical (unpaired) electrons. The molecule has 0 amide bonds. The topological polar surface area (TPSA) is 43.6 Å². The summed E-state index contributed by atoms with van der Waals surface area (Å²) in [5.74, 6) is -0.620. The number of fused-ring (bicyclic) bond motifs is 1. The summed E-state index contributed by atoms with van der Waals surface area (Å²) in [6, 6.07) is 1.64. The lowest BCUT2D eigenvalue weighted by Gasteiger charge is -1.97. The van der Waals surface area contributed by atoms with Crippen LogP contribution in [0.15, 0.2) is 18.5 Å². The summed E-state index contributed by atoms with van der Waals surface area (Å²) in [5, 5.41) is 0. The van der Waals surface area contributed by atoms with Crippen molar-refractivity contribution < 1.29 is 13.9 Å². The van der Waals surface area contributed by atoms with E-state index in [0.717, 1.165) is 0 Å². The van der Waals surface area contributed by atoms with Crippen molar-refractivity contribution >= 4 is 11.6 Å². The van der Waals surface area contributed by atoms with Crippen molar-refractivity contribution in [3.63, 3.8) is 0 Å². The van der Waals surface area contributed by atoms with Gasteiger partial charge in [0, 0.05) is 12.4 Å². The van der Waals surface area contributed by atoms with Crippen LogP contribution >= 0.6 is 0 Å². The number of esters is 1. The second-order valence-corrected chi connectivity index (χ2v) is 3.78. The van der Waals surface area contributed by atoms with Gasteiger partial charge >= 0.3 is 5.97 Å². The number of halogens is 1. The van der Waals surface area contributed by atoms with Crippen LogP contribution in [0.2, 0.25) is 0 Å². The van der Waals surface area contributed by atoms with E-state index in [2.05, 4.69) is 4.98 Å². The van der Waals surface area contributed by atoms with Crippen LogP contribution in [0.1, 0.15) is 18.2 Å². The highest BCUT2D eigenvalue weighted by Crippen LogP contribution is 2.12. The van der Waals surface area contributed by atoms with Crippen molar-refractivity contribution in [2.24, 2.45) is 0 Å². The van der Waals surface area contributed by atoms with Crippen LogP contribution in [0.4, 0.5) is 4.39 Å². The Labute approximate surface area is 98.0 Å². The quantitative estimate of drug-likeness (QED) is 0.764. The van der Waals surface area contributed by atoms with Crippen LogP contribution < -0.4 is 0 Å². The highest BCUT2D eigenvalue weighted by atomic mass is 19.1. The lowest BCUT2D eigenvalue weighted by molar-refractivity contribution is -0.142. The molecule has 2 aromatic heterocycles. The molecule has 0 aromatic carbocycles. The molecule has 0 aliphatic heterocycles. The molecule has 0 aliphatic carbocycles. The van der Waals surface area contributed by atoms with Crippen LogP contribution in [0.25, 0.3) is 5.65 Å². The van der Waals surface area contributed by atoms with Gasteiger partial charge in [0.05, 0.1) is 18.7 Å². The van der Waals surface area contributed by atoms with Gasteiger partial charge in [-0.25, -0.2) is 9.37 Å². The molecule has 0 saturated heterocycles. The van der Waals surface area contributed by atoms with E-state index in [1.807, 2.05) is 0 Å². The van der Waals surface area contributed by atoms with E-state index in [9.17, 15) is 9.18 Å². The fourth-order valence-corrected chi connectivity index (χ4v) is 1.60. The summed E-state index contributed by atoms with van der Waals surface area (Å²) in [4.78, 5) is 15.5. The average Bonchev–Trinajstić information content (AvgIpc) is 2.60. The Balaban J connectivity index is 2.29.